The van der Waals surface area contributed by atoms with Gasteiger partial charge in [-0.1, -0.05) is 27.7 Å². The Labute approximate surface area is 108 Å². The van der Waals surface area contributed by atoms with E-state index in [0.29, 0.717) is 5.41 Å². The van der Waals surface area contributed by atoms with Gasteiger partial charge in [0.2, 0.25) is 0 Å². The largest absolute Gasteiger partial charge is 0.316 e. The van der Waals surface area contributed by atoms with Crippen LogP contribution in [-0.4, -0.2) is 37.6 Å². The Morgan fingerprint density at radius 2 is 1.82 bits per heavy atom. The van der Waals surface area contributed by atoms with E-state index in [2.05, 4.69) is 37.9 Å². The number of nitrogens with one attached hydrogen (secondary N) is 1. The normalized spacial score (nSPS) is 19.8. The van der Waals surface area contributed by atoms with E-state index in [1.54, 1.807) is 0 Å². The number of piperidine rings is 1. The molecule has 0 saturated carbocycles. The molecule has 1 N–H and O–H groups in total. The van der Waals surface area contributed by atoms with Crippen LogP contribution in [-0.2, 0) is 0 Å². The second-order valence-corrected chi connectivity index (χ2v) is 6.80. The third-order valence-corrected chi connectivity index (χ3v) is 3.74. The summed E-state index contributed by atoms with van der Waals surface area (Å²) in [7, 11) is 0. The van der Waals surface area contributed by atoms with Crippen LogP contribution in [0.2, 0.25) is 0 Å². The highest BCUT2D eigenvalue weighted by molar-refractivity contribution is 4.75. The van der Waals surface area contributed by atoms with Gasteiger partial charge >= 0.3 is 0 Å². The molecule has 2 heteroatoms. The molecule has 0 spiro atoms. The van der Waals surface area contributed by atoms with Crippen LogP contribution >= 0.6 is 0 Å². The molecule has 1 saturated heterocycles. The zero-order valence-electron chi connectivity index (χ0n) is 12.4. The van der Waals surface area contributed by atoms with Crippen molar-refractivity contribution < 1.29 is 0 Å². The fourth-order valence-electron chi connectivity index (χ4n) is 2.39. The molecule has 0 aromatic heterocycles. The first kappa shape index (κ1) is 15.0. The number of nitrogens with zero attached hydrogens (tertiary/aromatic N) is 1. The Kier molecular flexibility index (Phi) is 6.50. The van der Waals surface area contributed by atoms with Gasteiger partial charge in [0.25, 0.3) is 0 Å². The maximum absolute atomic E-state index is 3.56. The first-order valence-corrected chi connectivity index (χ1v) is 7.44. The molecule has 2 nitrogen and oxygen atoms in total. The van der Waals surface area contributed by atoms with Crippen LogP contribution in [0.25, 0.3) is 0 Å². The van der Waals surface area contributed by atoms with Crippen LogP contribution in [0.1, 0.15) is 53.4 Å². The monoisotopic (exact) mass is 240 g/mol. The van der Waals surface area contributed by atoms with Crippen molar-refractivity contribution in [2.45, 2.75) is 53.4 Å². The lowest BCUT2D eigenvalue weighted by Crippen LogP contribution is -2.38. The van der Waals surface area contributed by atoms with Crippen LogP contribution in [0.5, 0.6) is 0 Å². The highest BCUT2D eigenvalue weighted by atomic mass is 15.1. The summed E-state index contributed by atoms with van der Waals surface area (Å²) in [6.07, 6.45) is 5.36. The molecule has 0 bridgehead atoms. The van der Waals surface area contributed by atoms with Gasteiger partial charge in [0, 0.05) is 0 Å². The van der Waals surface area contributed by atoms with Gasteiger partial charge in [-0.2, -0.15) is 0 Å². The van der Waals surface area contributed by atoms with Gasteiger partial charge in [-0.05, 0) is 69.7 Å². The summed E-state index contributed by atoms with van der Waals surface area (Å²) in [5.74, 6) is 0.924. The van der Waals surface area contributed by atoms with Gasteiger partial charge < -0.3 is 10.2 Å². The SMILES string of the molecule is CCCNCC1CCN(CCC(C)(C)C)CC1. The predicted octanol–water partition coefficient (Wildman–Crippen LogP) is 3.13. The molecule has 1 aliphatic heterocycles. The van der Waals surface area contributed by atoms with Crippen molar-refractivity contribution in [2.24, 2.45) is 11.3 Å². The molecule has 0 aliphatic carbocycles. The van der Waals surface area contributed by atoms with E-state index in [4.69, 9.17) is 0 Å². The van der Waals surface area contributed by atoms with Gasteiger partial charge in [0.15, 0.2) is 0 Å². The topological polar surface area (TPSA) is 15.3 Å². The number of rotatable bonds is 6. The molecule has 0 aromatic rings. The molecule has 0 amide bonds. The van der Waals surface area contributed by atoms with Crippen molar-refractivity contribution in [1.82, 2.24) is 10.2 Å². The van der Waals surface area contributed by atoms with Crippen LogP contribution in [0.4, 0.5) is 0 Å². The summed E-state index contributed by atoms with van der Waals surface area (Å²) in [5.41, 5.74) is 0.486. The van der Waals surface area contributed by atoms with Gasteiger partial charge in [-0.25, -0.2) is 0 Å². The van der Waals surface area contributed by atoms with E-state index in [0.717, 1.165) is 5.92 Å². The standard InChI is InChI=1S/C15H32N2/c1-5-9-16-13-14-6-10-17(11-7-14)12-8-15(2,3)4/h14,16H,5-13H2,1-4H3. The molecule has 1 fully saturated rings. The summed E-state index contributed by atoms with van der Waals surface area (Å²) in [6, 6.07) is 0. The summed E-state index contributed by atoms with van der Waals surface area (Å²) in [5, 5.41) is 3.56. The first-order chi connectivity index (χ1) is 8.01. The third kappa shape index (κ3) is 7.05. The minimum absolute atomic E-state index is 0.486. The molecule has 0 atom stereocenters. The summed E-state index contributed by atoms with van der Waals surface area (Å²) >= 11 is 0. The fraction of sp³-hybridized carbons (Fsp3) is 1.00. The Morgan fingerprint density at radius 3 is 2.35 bits per heavy atom. The van der Waals surface area contributed by atoms with Crippen LogP contribution in [0.3, 0.4) is 0 Å². The maximum Gasteiger partial charge on any atom is -0.00137 e. The molecule has 1 heterocycles. The molecule has 1 aliphatic rings. The predicted molar refractivity (Wildman–Crippen MR) is 76.4 cm³/mol. The summed E-state index contributed by atoms with van der Waals surface area (Å²) in [4.78, 5) is 2.65. The molecule has 0 radical (unpaired) electrons. The number of likely N-dealkylation sites (tertiary alicyclic amines) is 1. The molecular weight excluding hydrogens is 208 g/mol. The lowest BCUT2D eigenvalue weighted by Gasteiger charge is -2.33. The smallest absolute Gasteiger partial charge is 0.00137 e. The lowest BCUT2D eigenvalue weighted by molar-refractivity contribution is 0.162. The zero-order valence-corrected chi connectivity index (χ0v) is 12.4. The van der Waals surface area contributed by atoms with E-state index in [-0.39, 0.29) is 0 Å². The van der Waals surface area contributed by atoms with Crippen molar-refractivity contribution in [1.29, 1.82) is 0 Å². The van der Waals surface area contributed by atoms with Crippen molar-refractivity contribution >= 4 is 0 Å². The molecular formula is C15H32N2. The Hall–Kier alpha value is -0.0800. The summed E-state index contributed by atoms with van der Waals surface area (Å²) in [6.45, 7) is 15.6. The number of hydrogen-bond acceptors (Lipinski definition) is 2. The average Bonchev–Trinajstić information content (AvgIpc) is 2.27. The highest BCUT2D eigenvalue weighted by Gasteiger charge is 2.20. The Bertz CT molecular complexity index is 188. The van der Waals surface area contributed by atoms with E-state index in [1.807, 2.05) is 0 Å². The van der Waals surface area contributed by atoms with Crippen molar-refractivity contribution in [2.75, 3.05) is 32.7 Å². The van der Waals surface area contributed by atoms with E-state index >= 15 is 0 Å². The van der Waals surface area contributed by atoms with Gasteiger partial charge in [0.1, 0.15) is 0 Å². The minimum atomic E-state index is 0.486. The Morgan fingerprint density at radius 1 is 1.18 bits per heavy atom. The molecule has 102 valence electrons. The summed E-state index contributed by atoms with van der Waals surface area (Å²) < 4.78 is 0. The van der Waals surface area contributed by atoms with Gasteiger partial charge in [-0.3, -0.25) is 0 Å². The van der Waals surface area contributed by atoms with Crippen molar-refractivity contribution in [3.05, 3.63) is 0 Å². The minimum Gasteiger partial charge on any atom is -0.316 e. The zero-order chi connectivity index (χ0) is 12.7. The van der Waals surface area contributed by atoms with Gasteiger partial charge in [-0.15, -0.1) is 0 Å². The third-order valence-electron chi connectivity index (χ3n) is 3.74. The second-order valence-electron chi connectivity index (χ2n) is 6.80. The molecule has 17 heavy (non-hydrogen) atoms. The first-order valence-electron chi connectivity index (χ1n) is 7.44. The van der Waals surface area contributed by atoms with Gasteiger partial charge in [0.05, 0.1) is 0 Å². The van der Waals surface area contributed by atoms with Crippen LogP contribution in [0, 0.1) is 11.3 Å². The Balaban J connectivity index is 2.09. The average molecular weight is 240 g/mol. The van der Waals surface area contributed by atoms with E-state index in [1.165, 1.54) is 58.4 Å². The lowest BCUT2D eigenvalue weighted by atomic mass is 9.91. The van der Waals surface area contributed by atoms with Crippen LogP contribution in [0.15, 0.2) is 0 Å². The quantitative estimate of drug-likeness (QED) is 0.718. The van der Waals surface area contributed by atoms with E-state index < -0.39 is 0 Å². The molecule has 0 unspecified atom stereocenters. The number of hydrogen-bond donors (Lipinski definition) is 1. The van der Waals surface area contributed by atoms with Crippen molar-refractivity contribution in [3.8, 4) is 0 Å². The van der Waals surface area contributed by atoms with E-state index in [9.17, 15) is 0 Å². The van der Waals surface area contributed by atoms with Crippen molar-refractivity contribution in [3.63, 3.8) is 0 Å². The highest BCUT2D eigenvalue weighted by Crippen LogP contribution is 2.22. The second kappa shape index (κ2) is 7.38. The molecule has 1 rings (SSSR count). The fourth-order valence-corrected chi connectivity index (χ4v) is 2.39. The van der Waals surface area contributed by atoms with Crippen LogP contribution < -0.4 is 5.32 Å². The maximum atomic E-state index is 3.56. The molecule has 0 aromatic carbocycles.